The molecule has 0 spiro atoms. The lowest BCUT2D eigenvalue weighted by molar-refractivity contribution is 0.496. The van der Waals surface area contributed by atoms with Crippen molar-refractivity contribution in [1.29, 1.82) is 0 Å². The quantitative estimate of drug-likeness (QED) is 0.800. The van der Waals surface area contributed by atoms with Gasteiger partial charge >= 0.3 is 0 Å². The maximum absolute atomic E-state index is 5.99. The summed E-state index contributed by atoms with van der Waals surface area (Å²) in [6.07, 6.45) is 8.06. The minimum atomic E-state index is 0.0539. The molecule has 0 aliphatic rings. The summed E-state index contributed by atoms with van der Waals surface area (Å²) in [6.45, 7) is 3.66. The zero-order valence-electron chi connectivity index (χ0n) is 9.32. The fraction of sp³-hybridized carbons (Fsp3) is 0.500. The van der Waals surface area contributed by atoms with Gasteiger partial charge in [-0.2, -0.15) is 0 Å². The van der Waals surface area contributed by atoms with Gasteiger partial charge in [-0.15, -0.1) is 5.10 Å². The van der Waals surface area contributed by atoms with Crippen LogP contribution in [0.3, 0.4) is 0 Å². The molecule has 0 aliphatic carbocycles. The first kappa shape index (κ1) is 10.8. The molecule has 2 aromatic rings. The number of imidazole rings is 1. The molecule has 0 aromatic carbocycles. The van der Waals surface area contributed by atoms with Gasteiger partial charge in [0, 0.05) is 25.0 Å². The van der Waals surface area contributed by atoms with Crippen molar-refractivity contribution in [3.8, 4) is 0 Å². The smallest absolute Gasteiger partial charge is 0.0949 e. The monoisotopic (exact) mass is 220 g/mol. The van der Waals surface area contributed by atoms with Crippen LogP contribution in [-0.4, -0.2) is 24.5 Å². The highest BCUT2D eigenvalue weighted by Crippen LogP contribution is 2.12. The molecular formula is C10H16N6. The molecular weight excluding hydrogens is 204 g/mol. The Morgan fingerprint density at radius 1 is 1.44 bits per heavy atom. The van der Waals surface area contributed by atoms with Crippen LogP contribution < -0.4 is 5.73 Å². The van der Waals surface area contributed by atoms with E-state index in [1.807, 2.05) is 18.7 Å². The number of hydrogen-bond donors (Lipinski definition) is 1. The molecule has 6 heteroatoms. The van der Waals surface area contributed by atoms with E-state index in [4.69, 9.17) is 5.73 Å². The topological polar surface area (TPSA) is 74.5 Å². The Morgan fingerprint density at radius 3 is 3.00 bits per heavy atom. The van der Waals surface area contributed by atoms with Gasteiger partial charge in [0.25, 0.3) is 0 Å². The summed E-state index contributed by atoms with van der Waals surface area (Å²) in [7, 11) is 0. The van der Waals surface area contributed by atoms with Gasteiger partial charge in [-0.3, -0.25) is 4.68 Å². The largest absolute Gasteiger partial charge is 0.331 e. The number of hydrogen-bond acceptors (Lipinski definition) is 4. The molecule has 0 bridgehead atoms. The van der Waals surface area contributed by atoms with Gasteiger partial charge in [-0.25, -0.2) is 4.98 Å². The van der Waals surface area contributed by atoms with Crippen molar-refractivity contribution in [2.24, 2.45) is 5.73 Å². The zero-order valence-corrected chi connectivity index (χ0v) is 9.32. The first-order valence-corrected chi connectivity index (χ1v) is 5.41. The van der Waals surface area contributed by atoms with Crippen molar-refractivity contribution in [3.63, 3.8) is 0 Å². The van der Waals surface area contributed by atoms with Crippen LogP contribution in [0.25, 0.3) is 0 Å². The van der Waals surface area contributed by atoms with E-state index >= 15 is 0 Å². The highest BCUT2D eigenvalue weighted by atomic mass is 15.4. The molecule has 0 radical (unpaired) electrons. The molecule has 0 saturated carbocycles. The molecule has 2 aromatic heterocycles. The fourth-order valence-corrected chi connectivity index (χ4v) is 1.60. The molecule has 0 aliphatic heterocycles. The Morgan fingerprint density at radius 2 is 2.31 bits per heavy atom. The summed E-state index contributed by atoms with van der Waals surface area (Å²) in [5, 5.41) is 7.67. The number of nitrogens with zero attached hydrogens (tertiary/aromatic N) is 5. The van der Waals surface area contributed by atoms with E-state index in [-0.39, 0.29) is 6.04 Å². The first-order chi connectivity index (χ1) is 7.81. The molecule has 2 rings (SSSR count). The number of rotatable bonds is 5. The Balaban J connectivity index is 2.01. The zero-order chi connectivity index (χ0) is 11.4. The van der Waals surface area contributed by atoms with Crippen molar-refractivity contribution in [2.75, 3.05) is 0 Å². The van der Waals surface area contributed by atoms with Crippen molar-refractivity contribution in [3.05, 3.63) is 30.6 Å². The highest BCUT2D eigenvalue weighted by Gasteiger charge is 2.09. The standard InChI is InChI=1S/C10H16N6/c1-2-9(11)10-7-12-8-15(10)5-6-16-4-3-13-14-16/h3-4,7-9H,2,5-6,11H2,1H3/t9-/m1/s1. The summed E-state index contributed by atoms with van der Waals surface area (Å²) < 4.78 is 3.86. The lowest BCUT2D eigenvalue weighted by atomic mass is 10.2. The predicted molar refractivity (Wildman–Crippen MR) is 59.5 cm³/mol. The van der Waals surface area contributed by atoms with Gasteiger partial charge in [-0.05, 0) is 6.42 Å². The van der Waals surface area contributed by atoms with Crippen LogP contribution in [0.4, 0.5) is 0 Å². The van der Waals surface area contributed by atoms with Gasteiger partial charge < -0.3 is 10.3 Å². The van der Waals surface area contributed by atoms with Crippen molar-refractivity contribution in [2.45, 2.75) is 32.5 Å². The lowest BCUT2D eigenvalue weighted by Crippen LogP contribution is -2.16. The summed E-state index contributed by atoms with van der Waals surface area (Å²) in [5.41, 5.74) is 7.06. The van der Waals surface area contributed by atoms with Crippen LogP contribution in [-0.2, 0) is 13.1 Å². The summed E-state index contributed by atoms with van der Waals surface area (Å²) in [4.78, 5) is 4.13. The summed E-state index contributed by atoms with van der Waals surface area (Å²) in [6, 6.07) is 0.0539. The third kappa shape index (κ3) is 2.27. The second kappa shape index (κ2) is 4.89. The van der Waals surface area contributed by atoms with Crippen LogP contribution >= 0.6 is 0 Å². The molecule has 86 valence electrons. The maximum atomic E-state index is 5.99. The molecule has 2 heterocycles. The van der Waals surface area contributed by atoms with E-state index in [9.17, 15) is 0 Å². The van der Waals surface area contributed by atoms with E-state index in [1.165, 1.54) is 0 Å². The Kier molecular flexibility index (Phi) is 3.31. The molecule has 0 fully saturated rings. The Labute approximate surface area is 94.1 Å². The minimum Gasteiger partial charge on any atom is -0.331 e. The van der Waals surface area contributed by atoms with Gasteiger partial charge in [0.05, 0.1) is 24.8 Å². The number of aromatic nitrogens is 5. The van der Waals surface area contributed by atoms with Crippen LogP contribution in [0, 0.1) is 0 Å². The second-order valence-corrected chi connectivity index (χ2v) is 3.69. The van der Waals surface area contributed by atoms with E-state index < -0.39 is 0 Å². The van der Waals surface area contributed by atoms with Crippen LogP contribution in [0.2, 0.25) is 0 Å². The molecule has 0 amide bonds. The maximum Gasteiger partial charge on any atom is 0.0949 e. The molecule has 16 heavy (non-hydrogen) atoms. The first-order valence-electron chi connectivity index (χ1n) is 5.41. The van der Waals surface area contributed by atoms with E-state index in [2.05, 4.69) is 26.8 Å². The summed E-state index contributed by atoms with van der Waals surface area (Å²) >= 11 is 0. The lowest BCUT2D eigenvalue weighted by Gasteiger charge is -2.12. The predicted octanol–water partition coefficient (Wildman–Crippen LogP) is 0.585. The van der Waals surface area contributed by atoms with Crippen molar-refractivity contribution in [1.82, 2.24) is 24.5 Å². The van der Waals surface area contributed by atoms with Crippen LogP contribution in [0.5, 0.6) is 0 Å². The highest BCUT2D eigenvalue weighted by molar-refractivity contribution is 5.04. The van der Waals surface area contributed by atoms with Crippen LogP contribution in [0.15, 0.2) is 24.9 Å². The SMILES string of the molecule is CC[C@@H](N)c1cncn1CCn1ccnn1. The van der Waals surface area contributed by atoms with Gasteiger partial charge in [0.2, 0.25) is 0 Å². The molecule has 0 unspecified atom stereocenters. The minimum absolute atomic E-state index is 0.0539. The van der Waals surface area contributed by atoms with Crippen molar-refractivity contribution < 1.29 is 0 Å². The van der Waals surface area contributed by atoms with Gasteiger partial charge in [0.15, 0.2) is 0 Å². The molecule has 2 N–H and O–H groups in total. The number of nitrogens with two attached hydrogens (primary N) is 1. The Hall–Kier alpha value is -1.69. The normalized spacial score (nSPS) is 12.9. The average molecular weight is 220 g/mol. The number of aryl methyl sites for hydroxylation is 2. The van der Waals surface area contributed by atoms with Crippen LogP contribution in [0.1, 0.15) is 25.1 Å². The fourth-order valence-electron chi connectivity index (χ4n) is 1.60. The Bertz CT molecular complexity index is 418. The summed E-state index contributed by atoms with van der Waals surface area (Å²) in [5.74, 6) is 0. The molecule has 0 saturated heterocycles. The van der Waals surface area contributed by atoms with E-state index in [1.54, 1.807) is 10.9 Å². The third-order valence-electron chi connectivity index (χ3n) is 2.61. The van der Waals surface area contributed by atoms with E-state index in [0.717, 1.165) is 25.2 Å². The molecule has 1 atom stereocenters. The van der Waals surface area contributed by atoms with Gasteiger partial charge in [0.1, 0.15) is 0 Å². The van der Waals surface area contributed by atoms with Gasteiger partial charge in [-0.1, -0.05) is 12.1 Å². The third-order valence-corrected chi connectivity index (χ3v) is 2.61. The molecule has 6 nitrogen and oxygen atoms in total. The van der Waals surface area contributed by atoms with E-state index in [0.29, 0.717) is 0 Å². The van der Waals surface area contributed by atoms with Crippen molar-refractivity contribution >= 4 is 0 Å². The average Bonchev–Trinajstić information content (AvgIpc) is 2.96. The second-order valence-electron chi connectivity index (χ2n) is 3.69.